The van der Waals surface area contributed by atoms with Crippen LogP contribution in [-0.4, -0.2) is 60.5 Å². The molecule has 3 aromatic carbocycles. The van der Waals surface area contributed by atoms with Crippen molar-refractivity contribution in [1.29, 1.82) is 0 Å². The third-order valence-corrected chi connectivity index (χ3v) is 7.30. The molecule has 9 heteroatoms. The van der Waals surface area contributed by atoms with E-state index < -0.39 is 0 Å². The third kappa shape index (κ3) is 9.00. The van der Waals surface area contributed by atoms with Gasteiger partial charge in [-0.15, -0.1) is 0 Å². The molecule has 0 aliphatic rings. The molecule has 0 saturated carbocycles. The zero-order valence-electron chi connectivity index (χ0n) is 26.5. The van der Waals surface area contributed by atoms with E-state index in [0.29, 0.717) is 47.5 Å². The number of carbonyl (C=O) groups is 1. The fourth-order valence-corrected chi connectivity index (χ4v) is 4.64. The summed E-state index contributed by atoms with van der Waals surface area (Å²) < 4.78 is 24.8. The minimum atomic E-state index is -0.279. The van der Waals surface area contributed by atoms with E-state index in [2.05, 4.69) is 36.1 Å². The SMILES string of the molecule is CCCCOc1cc(OCCCN(CC)CC)ccc1NC(=O)c1cc(-c2ccc(Oc3ccc(OC)cc3)cc2)nn1C. The first-order valence-electron chi connectivity index (χ1n) is 15.3. The lowest BCUT2D eigenvalue weighted by Crippen LogP contribution is -2.25. The third-order valence-electron chi connectivity index (χ3n) is 7.30. The van der Waals surface area contributed by atoms with Crippen LogP contribution in [0.3, 0.4) is 0 Å². The molecule has 0 bridgehead atoms. The number of rotatable bonds is 17. The molecule has 9 nitrogen and oxygen atoms in total. The maximum atomic E-state index is 13.4. The van der Waals surface area contributed by atoms with Crippen LogP contribution in [0.5, 0.6) is 28.7 Å². The fourth-order valence-electron chi connectivity index (χ4n) is 4.64. The van der Waals surface area contributed by atoms with Crippen LogP contribution >= 0.6 is 0 Å². The van der Waals surface area contributed by atoms with E-state index >= 15 is 0 Å². The predicted molar refractivity (Wildman–Crippen MR) is 174 cm³/mol. The summed E-state index contributed by atoms with van der Waals surface area (Å²) in [6.45, 7) is 10.7. The largest absolute Gasteiger partial charge is 0.497 e. The van der Waals surface area contributed by atoms with Gasteiger partial charge in [0.2, 0.25) is 0 Å². The van der Waals surface area contributed by atoms with E-state index in [1.54, 1.807) is 24.9 Å². The number of aromatic nitrogens is 2. The van der Waals surface area contributed by atoms with Crippen LogP contribution in [0.4, 0.5) is 5.69 Å². The number of amides is 1. The van der Waals surface area contributed by atoms with E-state index in [1.165, 1.54) is 0 Å². The summed E-state index contributed by atoms with van der Waals surface area (Å²) in [5, 5.41) is 7.60. The molecular weight excluding hydrogens is 556 g/mol. The van der Waals surface area contributed by atoms with E-state index in [1.807, 2.05) is 66.7 Å². The van der Waals surface area contributed by atoms with Gasteiger partial charge in [-0.25, -0.2) is 0 Å². The minimum Gasteiger partial charge on any atom is -0.497 e. The lowest BCUT2D eigenvalue weighted by atomic mass is 10.1. The van der Waals surface area contributed by atoms with Crippen molar-refractivity contribution < 1.29 is 23.7 Å². The number of aryl methyl sites for hydroxylation is 1. The summed E-state index contributed by atoms with van der Waals surface area (Å²) in [7, 11) is 3.39. The van der Waals surface area contributed by atoms with Crippen LogP contribution in [-0.2, 0) is 7.05 Å². The van der Waals surface area contributed by atoms with Crippen molar-refractivity contribution in [2.24, 2.45) is 7.05 Å². The second-order valence-electron chi connectivity index (χ2n) is 10.4. The number of benzene rings is 3. The Balaban J connectivity index is 1.42. The van der Waals surface area contributed by atoms with Crippen LogP contribution < -0.4 is 24.3 Å². The molecule has 1 heterocycles. The fraction of sp³-hybridized carbons (Fsp3) is 0.371. The lowest BCUT2D eigenvalue weighted by Gasteiger charge is -2.18. The Bertz CT molecular complexity index is 1460. The van der Waals surface area contributed by atoms with Crippen molar-refractivity contribution >= 4 is 11.6 Å². The molecule has 0 aliphatic carbocycles. The summed E-state index contributed by atoms with van der Waals surface area (Å²) in [4.78, 5) is 15.8. The average Bonchev–Trinajstić information content (AvgIpc) is 3.44. The topological polar surface area (TPSA) is 87.1 Å². The van der Waals surface area contributed by atoms with Crippen molar-refractivity contribution in [1.82, 2.24) is 14.7 Å². The Morgan fingerprint density at radius 1 is 0.818 bits per heavy atom. The molecule has 1 N–H and O–H groups in total. The zero-order valence-corrected chi connectivity index (χ0v) is 26.5. The Hall–Kier alpha value is -4.50. The molecule has 0 radical (unpaired) electrons. The molecule has 234 valence electrons. The van der Waals surface area contributed by atoms with Gasteiger partial charge in [0.25, 0.3) is 5.91 Å². The number of methoxy groups -OCH3 is 1. The molecule has 4 aromatic rings. The number of ether oxygens (including phenoxy) is 4. The summed E-state index contributed by atoms with van der Waals surface area (Å²) in [6.07, 6.45) is 2.86. The molecule has 0 atom stereocenters. The highest BCUT2D eigenvalue weighted by Crippen LogP contribution is 2.31. The summed E-state index contributed by atoms with van der Waals surface area (Å²) >= 11 is 0. The van der Waals surface area contributed by atoms with Gasteiger partial charge in [-0.1, -0.05) is 27.2 Å². The highest BCUT2D eigenvalue weighted by Gasteiger charge is 2.17. The van der Waals surface area contributed by atoms with Gasteiger partial charge in [0, 0.05) is 25.2 Å². The van der Waals surface area contributed by atoms with Gasteiger partial charge in [0.15, 0.2) is 0 Å². The van der Waals surface area contributed by atoms with Crippen LogP contribution in [0.2, 0.25) is 0 Å². The molecule has 4 rings (SSSR count). The molecular formula is C35H44N4O5. The normalized spacial score (nSPS) is 11.0. The van der Waals surface area contributed by atoms with Gasteiger partial charge in [-0.3, -0.25) is 9.48 Å². The van der Waals surface area contributed by atoms with Crippen molar-refractivity contribution in [2.45, 2.75) is 40.0 Å². The Morgan fingerprint density at radius 3 is 2.11 bits per heavy atom. The first-order chi connectivity index (χ1) is 21.4. The molecule has 0 spiro atoms. The number of carbonyl (C=O) groups excluding carboxylic acids is 1. The van der Waals surface area contributed by atoms with E-state index in [0.717, 1.165) is 56.0 Å². The average molecular weight is 601 g/mol. The van der Waals surface area contributed by atoms with Crippen molar-refractivity contribution in [2.75, 3.05) is 45.3 Å². The maximum Gasteiger partial charge on any atom is 0.274 e. The van der Waals surface area contributed by atoms with Crippen LogP contribution in [0.15, 0.2) is 72.8 Å². The van der Waals surface area contributed by atoms with Gasteiger partial charge >= 0.3 is 0 Å². The first kappa shape index (κ1) is 32.4. The zero-order chi connectivity index (χ0) is 31.3. The van der Waals surface area contributed by atoms with Crippen molar-refractivity contribution in [3.63, 3.8) is 0 Å². The van der Waals surface area contributed by atoms with Gasteiger partial charge in [0.05, 0.1) is 31.7 Å². The number of hydrogen-bond donors (Lipinski definition) is 1. The Kier molecular flexibility index (Phi) is 12.1. The number of hydrogen-bond acceptors (Lipinski definition) is 7. The van der Waals surface area contributed by atoms with Crippen LogP contribution in [0, 0.1) is 0 Å². The highest BCUT2D eigenvalue weighted by molar-refractivity contribution is 6.04. The lowest BCUT2D eigenvalue weighted by molar-refractivity contribution is 0.101. The van der Waals surface area contributed by atoms with Crippen LogP contribution in [0.1, 0.15) is 50.5 Å². The van der Waals surface area contributed by atoms with E-state index in [9.17, 15) is 4.79 Å². The molecule has 0 aliphatic heterocycles. The molecule has 1 aromatic heterocycles. The Morgan fingerprint density at radius 2 is 1.45 bits per heavy atom. The number of nitrogens with zero attached hydrogens (tertiary/aromatic N) is 3. The number of anilines is 1. The standard InChI is InChI=1S/C35H44N4O5/c1-6-9-22-43-34-24-30(42-23-10-21-39(7-2)8-3)19-20-31(34)36-35(40)33-25-32(37-38(33)4)26-11-13-28(14-12-26)44-29-17-15-27(41-5)16-18-29/h11-20,24-25H,6-10,21-23H2,1-5H3,(H,36,40). The van der Waals surface area contributed by atoms with Gasteiger partial charge < -0.3 is 29.2 Å². The van der Waals surface area contributed by atoms with Gasteiger partial charge in [0.1, 0.15) is 34.4 Å². The van der Waals surface area contributed by atoms with Crippen molar-refractivity contribution in [3.8, 4) is 40.0 Å². The molecule has 1 amide bonds. The number of unbranched alkanes of at least 4 members (excludes halogenated alkanes) is 1. The monoisotopic (exact) mass is 600 g/mol. The minimum absolute atomic E-state index is 0.279. The summed E-state index contributed by atoms with van der Waals surface area (Å²) in [5.41, 5.74) is 2.56. The molecule has 0 saturated heterocycles. The van der Waals surface area contributed by atoms with E-state index in [4.69, 9.17) is 18.9 Å². The highest BCUT2D eigenvalue weighted by atomic mass is 16.5. The molecule has 0 unspecified atom stereocenters. The van der Waals surface area contributed by atoms with Crippen LogP contribution in [0.25, 0.3) is 11.3 Å². The summed E-state index contributed by atoms with van der Waals surface area (Å²) in [6, 6.07) is 22.3. The second kappa shape index (κ2) is 16.4. The van der Waals surface area contributed by atoms with Gasteiger partial charge in [-0.05, 0) is 92.7 Å². The van der Waals surface area contributed by atoms with Gasteiger partial charge in [-0.2, -0.15) is 5.10 Å². The smallest absolute Gasteiger partial charge is 0.274 e. The van der Waals surface area contributed by atoms with Crippen molar-refractivity contribution in [3.05, 3.63) is 78.5 Å². The number of nitrogens with one attached hydrogen (secondary N) is 1. The predicted octanol–water partition coefficient (Wildman–Crippen LogP) is 7.43. The Labute approximate surface area is 260 Å². The molecule has 0 fully saturated rings. The summed E-state index contributed by atoms with van der Waals surface area (Å²) in [5.74, 6) is 3.20. The quantitative estimate of drug-likeness (QED) is 0.126. The maximum absolute atomic E-state index is 13.4. The second-order valence-corrected chi connectivity index (χ2v) is 10.4. The molecule has 44 heavy (non-hydrogen) atoms. The first-order valence-corrected chi connectivity index (χ1v) is 15.3. The van der Waals surface area contributed by atoms with E-state index in [-0.39, 0.29) is 5.91 Å².